The van der Waals surface area contributed by atoms with E-state index in [1.165, 1.54) is 0 Å². The molecule has 0 spiro atoms. The summed E-state index contributed by atoms with van der Waals surface area (Å²) in [6.45, 7) is 11.4. The molecule has 7 heteroatoms. The van der Waals surface area contributed by atoms with Crippen molar-refractivity contribution in [3.05, 3.63) is 0 Å². The van der Waals surface area contributed by atoms with Crippen LogP contribution in [0.1, 0.15) is 46.5 Å². The molecule has 0 amide bonds. The van der Waals surface area contributed by atoms with Crippen LogP contribution in [-0.4, -0.2) is 40.6 Å². The maximum Gasteiger partial charge on any atom is 0.339 e. The van der Waals surface area contributed by atoms with Crippen molar-refractivity contribution in [3.63, 3.8) is 0 Å². The molecular weight excluding hydrogens is 442 g/mol. The second-order valence-corrected chi connectivity index (χ2v) is 19.3. The molecule has 136 valence electrons. The van der Waals surface area contributed by atoms with Gasteiger partial charge >= 0.3 is 5.36 Å². The van der Waals surface area contributed by atoms with Gasteiger partial charge in [0.05, 0.1) is 14.2 Å². The summed E-state index contributed by atoms with van der Waals surface area (Å²) in [6, 6.07) is 0. The minimum atomic E-state index is -2.03. The van der Waals surface area contributed by atoms with E-state index in [1.54, 1.807) is 14.2 Å². The van der Waals surface area contributed by atoms with Gasteiger partial charge in [-0.15, -0.1) is 0 Å². The van der Waals surface area contributed by atoms with Crippen molar-refractivity contribution in [2.45, 2.75) is 70.7 Å². The van der Waals surface area contributed by atoms with Crippen molar-refractivity contribution in [2.75, 3.05) is 20.4 Å². The fourth-order valence-electron chi connectivity index (χ4n) is 2.61. The van der Waals surface area contributed by atoms with Crippen LogP contribution in [0.15, 0.2) is 0 Å². The van der Waals surface area contributed by atoms with Gasteiger partial charge in [0.25, 0.3) is 0 Å². The molecule has 1 fully saturated rings. The zero-order chi connectivity index (χ0) is 17.9. The Morgan fingerprint density at radius 1 is 1.13 bits per heavy atom. The Morgan fingerprint density at radius 3 is 2.00 bits per heavy atom. The largest absolute Gasteiger partial charge is 0.414 e. The van der Waals surface area contributed by atoms with E-state index in [0.29, 0.717) is 18.0 Å². The van der Waals surface area contributed by atoms with Gasteiger partial charge in [-0.1, -0.05) is 20.8 Å². The van der Waals surface area contributed by atoms with Crippen LogP contribution in [-0.2, 0) is 18.3 Å². The van der Waals surface area contributed by atoms with E-state index in [1.807, 2.05) is 0 Å². The first-order chi connectivity index (χ1) is 10.4. The molecule has 23 heavy (non-hydrogen) atoms. The van der Waals surface area contributed by atoms with Crippen molar-refractivity contribution < 1.29 is 18.3 Å². The molecule has 4 nitrogen and oxygen atoms in total. The molecule has 0 unspecified atom stereocenters. The lowest BCUT2D eigenvalue weighted by atomic mass is 9.85. The number of hydrogen-bond donors (Lipinski definition) is 0. The van der Waals surface area contributed by atoms with Gasteiger partial charge in [0, 0.05) is 12.0 Å². The Morgan fingerprint density at radius 2 is 1.61 bits per heavy atom. The summed E-state index contributed by atoms with van der Waals surface area (Å²) >= 11 is 2.17. The molecule has 0 saturated heterocycles. The third-order valence-corrected chi connectivity index (χ3v) is 15.0. The smallest absolute Gasteiger partial charge is 0.339 e. The molecule has 0 aromatic carbocycles. The normalized spacial score (nSPS) is 23.8. The molecule has 0 heterocycles. The zero-order valence-corrected chi connectivity index (χ0v) is 19.7. The van der Waals surface area contributed by atoms with Crippen molar-refractivity contribution in [3.8, 4) is 0 Å². The summed E-state index contributed by atoms with van der Waals surface area (Å²) in [5, 5.41) is -1.79. The van der Waals surface area contributed by atoms with E-state index < -0.39 is 13.7 Å². The summed E-state index contributed by atoms with van der Waals surface area (Å²) in [5.74, 6) is 0.441. The molecule has 0 atom stereocenters. The first-order valence-corrected chi connectivity index (χ1v) is 15.8. The van der Waals surface area contributed by atoms with Crippen LogP contribution in [0.25, 0.3) is 0 Å². The lowest BCUT2D eigenvalue weighted by Crippen LogP contribution is -2.45. The Kier molecular flexibility index (Phi) is 8.16. The maximum absolute atomic E-state index is 12.5. The highest BCUT2D eigenvalue weighted by Gasteiger charge is 2.44. The molecule has 0 aliphatic heterocycles. The Bertz CT molecular complexity index is 399. The second-order valence-electron chi connectivity index (χ2n) is 7.93. The van der Waals surface area contributed by atoms with Crippen molar-refractivity contribution in [1.82, 2.24) is 0 Å². The lowest BCUT2D eigenvalue weighted by molar-refractivity contribution is -0.122. The predicted molar refractivity (Wildman–Crippen MR) is 109 cm³/mol. The van der Waals surface area contributed by atoms with Gasteiger partial charge in [-0.05, 0) is 43.8 Å². The molecule has 0 radical (unpaired) electrons. The van der Waals surface area contributed by atoms with E-state index in [4.69, 9.17) is 13.5 Å². The van der Waals surface area contributed by atoms with Crippen LogP contribution >= 0.6 is 27.4 Å². The molecular formula is C16H33IO4PSi+. The van der Waals surface area contributed by atoms with Gasteiger partial charge in [0.1, 0.15) is 0 Å². The van der Waals surface area contributed by atoms with E-state index >= 15 is 0 Å². The zero-order valence-electron chi connectivity index (χ0n) is 15.6. The Balaban J connectivity index is 2.51. The van der Waals surface area contributed by atoms with Gasteiger partial charge in [-0.3, -0.25) is 4.79 Å². The van der Waals surface area contributed by atoms with Crippen LogP contribution < -0.4 is 0 Å². The number of ketones is 1. The molecule has 1 saturated carbocycles. The quantitative estimate of drug-likeness (QED) is 0.272. The van der Waals surface area contributed by atoms with Crippen LogP contribution in [0.3, 0.4) is 0 Å². The maximum atomic E-state index is 12.5. The summed E-state index contributed by atoms with van der Waals surface area (Å²) < 4.78 is 17.3. The Hall–Kier alpha value is 0.927. The number of hydrogen-bond acceptors (Lipinski definition) is 4. The first kappa shape index (κ1) is 22.0. The predicted octanol–water partition coefficient (Wildman–Crippen LogP) is 5.63. The number of halogens is 1. The van der Waals surface area contributed by atoms with E-state index in [-0.39, 0.29) is 11.0 Å². The van der Waals surface area contributed by atoms with Crippen LogP contribution in [0.5, 0.6) is 0 Å². The third kappa shape index (κ3) is 6.30. The average molecular weight is 475 g/mol. The highest BCUT2D eigenvalue weighted by Crippen LogP contribution is 2.68. The van der Waals surface area contributed by atoms with E-state index in [0.717, 1.165) is 25.7 Å². The summed E-state index contributed by atoms with van der Waals surface area (Å²) in [7, 11) is 1.54. The monoisotopic (exact) mass is 475 g/mol. The Labute approximate surface area is 156 Å². The van der Waals surface area contributed by atoms with Gasteiger partial charge in [0.2, 0.25) is 22.0 Å². The minimum absolute atomic E-state index is 0.147. The standard InChI is InChI=1S/C16H33IO4PSi/c1-16(2,3)23(6,7)21-14-10-8-13(9-11-14)15(18)12-22(17,19-4)20-5/h13-14H,8-12H2,1-7H3/q+1. The SMILES string of the molecule is CO[P+](I)(CC(=O)C1CCC(O[Si](C)(C)C(C)(C)C)CC1)OC. The molecule has 0 bridgehead atoms. The third-order valence-electron chi connectivity index (χ3n) is 5.29. The van der Waals surface area contributed by atoms with Gasteiger partial charge in [0.15, 0.2) is 20.3 Å². The number of Topliss-reactive ketones (excluding diaryl/α,β-unsaturated/α-hetero) is 1. The average Bonchev–Trinajstić information content (AvgIpc) is 2.46. The highest BCUT2D eigenvalue weighted by molar-refractivity contribution is 14.2. The van der Waals surface area contributed by atoms with Gasteiger partial charge in [-0.2, -0.15) is 0 Å². The number of rotatable bonds is 7. The fraction of sp³-hybridized carbons (Fsp3) is 0.938. The van der Waals surface area contributed by atoms with Crippen LogP contribution in [0.2, 0.25) is 18.1 Å². The van der Waals surface area contributed by atoms with Crippen LogP contribution in [0, 0.1) is 5.92 Å². The van der Waals surface area contributed by atoms with Gasteiger partial charge < -0.3 is 4.43 Å². The molecule has 1 aliphatic rings. The van der Waals surface area contributed by atoms with Crippen molar-refractivity contribution in [1.29, 1.82) is 0 Å². The second kappa shape index (κ2) is 8.54. The summed E-state index contributed by atoms with van der Waals surface area (Å²) in [4.78, 5) is 12.5. The van der Waals surface area contributed by atoms with Crippen molar-refractivity contribution in [2.24, 2.45) is 5.92 Å². The number of carbonyl (C=O) groups is 1. The molecule has 1 rings (SSSR count). The molecule has 0 aromatic rings. The minimum Gasteiger partial charge on any atom is -0.414 e. The van der Waals surface area contributed by atoms with Crippen molar-refractivity contribution >= 4 is 41.5 Å². The summed E-state index contributed by atoms with van der Waals surface area (Å²) in [5.41, 5.74) is 0. The van der Waals surface area contributed by atoms with Crippen LogP contribution in [0.4, 0.5) is 0 Å². The highest BCUT2D eigenvalue weighted by atomic mass is 127. The van der Waals surface area contributed by atoms with E-state index in [2.05, 4.69) is 55.9 Å². The molecule has 0 aromatic heterocycles. The van der Waals surface area contributed by atoms with Gasteiger partial charge in [-0.25, -0.2) is 9.05 Å². The number of carbonyl (C=O) groups excluding carboxylic acids is 1. The topological polar surface area (TPSA) is 44.8 Å². The fourth-order valence-corrected chi connectivity index (χ4v) is 6.08. The first-order valence-electron chi connectivity index (χ1n) is 8.34. The molecule has 0 N–H and O–H groups in total. The summed E-state index contributed by atoms with van der Waals surface area (Å²) in [6.07, 6.45) is 4.60. The molecule has 1 aliphatic carbocycles. The van der Waals surface area contributed by atoms with E-state index in [9.17, 15) is 4.79 Å². The lowest BCUT2D eigenvalue weighted by Gasteiger charge is -2.41.